The van der Waals surface area contributed by atoms with Crippen LogP contribution in [0.1, 0.15) is 27.6 Å². The molecule has 0 aromatic heterocycles. The number of benzene rings is 3. The van der Waals surface area contributed by atoms with Crippen molar-refractivity contribution in [3.8, 4) is 0 Å². The third-order valence-electron chi connectivity index (χ3n) is 4.41. The van der Waals surface area contributed by atoms with Gasteiger partial charge in [0, 0.05) is 29.5 Å². The van der Waals surface area contributed by atoms with Crippen LogP contribution < -0.4 is 10.6 Å². The van der Waals surface area contributed by atoms with Gasteiger partial charge in [0.15, 0.2) is 5.78 Å². The van der Waals surface area contributed by atoms with Gasteiger partial charge in [-0.2, -0.15) is 0 Å². The quantitative estimate of drug-likeness (QED) is 0.601. The van der Waals surface area contributed by atoms with Crippen LogP contribution in [-0.4, -0.2) is 27.2 Å². The van der Waals surface area contributed by atoms with E-state index in [0.717, 1.165) is 5.69 Å². The lowest BCUT2D eigenvalue weighted by Gasteiger charge is -2.09. The third kappa shape index (κ3) is 4.52. The van der Waals surface area contributed by atoms with Crippen molar-refractivity contribution in [3.63, 3.8) is 0 Å². The normalized spacial score (nSPS) is 11.0. The van der Waals surface area contributed by atoms with E-state index in [0.29, 0.717) is 16.8 Å². The maximum Gasteiger partial charge on any atom is 0.255 e. The lowest BCUT2D eigenvalue weighted by molar-refractivity contribution is 0.101. The number of sulfone groups is 1. The molecular formula is C22H20N2O4S. The van der Waals surface area contributed by atoms with Crippen LogP contribution in [-0.2, 0) is 9.84 Å². The van der Waals surface area contributed by atoms with Gasteiger partial charge in [-0.1, -0.05) is 12.1 Å². The molecule has 148 valence electrons. The van der Waals surface area contributed by atoms with Crippen molar-refractivity contribution in [1.29, 1.82) is 0 Å². The lowest BCUT2D eigenvalue weighted by Crippen LogP contribution is -2.12. The smallest absolute Gasteiger partial charge is 0.255 e. The van der Waals surface area contributed by atoms with Crippen LogP contribution in [0.5, 0.6) is 0 Å². The molecule has 0 atom stereocenters. The van der Waals surface area contributed by atoms with E-state index in [-0.39, 0.29) is 21.5 Å². The Labute approximate surface area is 169 Å². The SMILES string of the molecule is CNc1ccc(S(=O)(=O)c2ccc(NC(=O)c3cccc(C(C)=O)c3)cc2)cc1. The minimum Gasteiger partial charge on any atom is -0.388 e. The molecule has 0 radical (unpaired) electrons. The maximum absolute atomic E-state index is 12.8. The zero-order valence-corrected chi connectivity index (χ0v) is 16.8. The van der Waals surface area contributed by atoms with E-state index in [1.807, 2.05) is 0 Å². The van der Waals surface area contributed by atoms with Crippen LogP contribution in [0.25, 0.3) is 0 Å². The van der Waals surface area contributed by atoms with E-state index in [4.69, 9.17) is 0 Å². The van der Waals surface area contributed by atoms with E-state index < -0.39 is 9.84 Å². The Morgan fingerprint density at radius 1 is 0.759 bits per heavy atom. The number of carbonyl (C=O) groups is 2. The fourth-order valence-corrected chi connectivity index (χ4v) is 4.00. The number of carbonyl (C=O) groups excluding carboxylic acids is 2. The first kappa shape index (κ1) is 20.3. The Kier molecular flexibility index (Phi) is 5.79. The minimum atomic E-state index is -3.65. The zero-order chi connectivity index (χ0) is 21.0. The lowest BCUT2D eigenvalue weighted by atomic mass is 10.1. The fraction of sp³-hybridized carbons (Fsp3) is 0.0909. The molecule has 2 N–H and O–H groups in total. The van der Waals surface area contributed by atoms with Crippen LogP contribution in [0.3, 0.4) is 0 Å². The van der Waals surface area contributed by atoms with Crippen LogP contribution in [0, 0.1) is 0 Å². The van der Waals surface area contributed by atoms with Gasteiger partial charge in [-0.05, 0) is 67.6 Å². The predicted octanol–water partition coefficient (Wildman–Crippen LogP) is 4.02. The molecule has 0 saturated heterocycles. The average molecular weight is 408 g/mol. The Morgan fingerprint density at radius 3 is 1.79 bits per heavy atom. The summed E-state index contributed by atoms with van der Waals surface area (Å²) in [5, 5.41) is 5.64. The molecule has 0 saturated carbocycles. The number of nitrogens with one attached hydrogen (secondary N) is 2. The molecule has 0 spiro atoms. The van der Waals surface area contributed by atoms with Gasteiger partial charge in [0.05, 0.1) is 9.79 Å². The number of ketones is 1. The van der Waals surface area contributed by atoms with E-state index in [9.17, 15) is 18.0 Å². The van der Waals surface area contributed by atoms with Crippen molar-refractivity contribution >= 4 is 32.9 Å². The van der Waals surface area contributed by atoms with Crippen molar-refractivity contribution in [2.24, 2.45) is 0 Å². The largest absolute Gasteiger partial charge is 0.388 e. The Hall–Kier alpha value is -3.45. The zero-order valence-electron chi connectivity index (χ0n) is 16.0. The summed E-state index contributed by atoms with van der Waals surface area (Å²) in [5.41, 5.74) is 2.06. The van der Waals surface area contributed by atoms with Crippen molar-refractivity contribution in [3.05, 3.63) is 83.9 Å². The van der Waals surface area contributed by atoms with E-state index in [1.165, 1.54) is 37.3 Å². The number of amides is 1. The van der Waals surface area contributed by atoms with Crippen LogP contribution in [0.15, 0.2) is 82.6 Å². The summed E-state index contributed by atoms with van der Waals surface area (Å²) in [5.74, 6) is -0.511. The molecule has 0 unspecified atom stereocenters. The van der Waals surface area contributed by atoms with Crippen molar-refractivity contribution in [1.82, 2.24) is 0 Å². The molecule has 0 heterocycles. The first-order valence-electron chi connectivity index (χ1n) is 8.86. The Morgan fingerprint density at radius 2 is 1.28 bits per heavy atom. The van der Waals surface area contributed by atoms with E-state index >= 15 is 0 Å². The molecule has 7 heteroatoms. The highest BCUT2D eigenvalue weighted by atomic mass is 32.2. The summed E-state index contributed by atoms with van der Waals surface area (Å²) in [6.07, 6.45) is 0. The van der Waals surface area contributed by atoms with Gasteiger partial charge in [-0.25, -0.2) is 8.42 Å². The number of hydrogen-bond acceptors (Lipinski definition) is 5. The standard InChI is InChI=1S/C22H20N2O4S/c1-15(25)16-4-3-5-17(14-16)22(26)24-19-8-12-21(13-9-19)29(27,28)20-10-6-18(23-2)7-11-20/h3-14,23H,1-2H3,(H,24,26). The number of Topliss-reactive ketones (excluding diaryl/α,β-unsaturated/α-hetero) is 1. The summed E-state index contributed by atoms with van der Waals surface area (Å²) in [6.45, 7) is 1.43. The highest BCUT2D eigenvalue weighted by Gasteiger charge is 2.17. The van der Waals surface area contributed by atoms with Gasteiger partial charge >= 0.3 is 0 Å². The predicted molar refractivity (Wildman–Crippen MR) is 112 cm³/mol. The first-order chi connectivity index (χ1) is 13.8. The molecule has 0 bridgehead atoms. The van der Waals surface area contributed by atoms with Crippen LogP contribution >= 0.6 is 0 Å². The van der Waals surface area contributed by atoms with Crippen molar-refractivity contribution in [2.45, 2.75) is 16.7 Å². The number of anilines is 2. The Bertz CT molecular complexity index is 1150. The van der Waals surface area contributed by atoms with Crippen LogP contribution in [0.4, 0.5) is 11.4 Å². The van der Waals surface area contributed by atoms with Gasteiger partial charge in [0.1, 0.15) is 0 Å². The average Bonchev–Trinajstić information content (AvgIpc) is 2.74. The van der Waals surface area contributed by atoms with Gasteiger partial charge in [0.2, 0.25) is 9.84 Å². The molecule has 3 aromatic rings. The summed E-state index contributed by atoms with van der Waals surface area (Å²) < 4.78 is 25.5. The topological polar surface area (TPSA) is 92.3 Å². The molecule has 3 rings (SSSR count). The van der Waals surface area contributed by atoms with Crippen LogP contribution in [0.2, 0.25) is 0 Å². The molecule has 1 amide bonds. The summed E-state index contributed by atoms with van der Waals surface area (Å²) in [4.78, 5) is 24.2. The maximum atomic E-state index is 12.8. The minimum absolute atomic E-state index is 0.128. The second-order valence-corrected chi connectivity index (χ2v) is 8.34. The van der Waals surface area contributed by atoms with E-state index in [1.54, 1.807) is 49.5 Å². The van der Waals surface area contributed by atoms with Crippen molar-refractivity contribution in [2.75, 3.05) is 17.7 Å². The number of hydrogen-bond donors (Lipinski definition) is 2. The molecule has 0 fully saturated rings. The molecule has 0 aliphatic carbocycles. The Balaban J connectivity index is 1.78. The van der Waals surface area contributed by atoms with Gasteiger partial charge in [0.25, 0.3) is 5.91 Å². The molecule has 29 heavy (non-hydrogen) atoms. The van der Waals surface area contributed by atoms with Gasteiger partial charge < -0.3 is 10.6 Å². The summed E-state index contributed by atoms with van der Waals surface area (Å²) >= 11 is 0. The summed E-state index contributed by atoms with van der Waals surface area (Å²) in [7, 11) is -1.90. The molecule has 0 aliphatic rings. The second kappa shape index (κ2) is 8.28. The molecule has 6 nitrogen and oxygen atoms in total. The summed E-state index contributed by atoms with van der Waals surface area (Å²) in [6, 6.07) is 18.8. The number of rotatable bonds is 6. The fourth-order valence-electron chi connectivity index (χ4n) is 2.74. The van der Waals surface area contributed by atoms with Crippen molar-refractivity contribution < 1.29 is 18.0 Å². The monoisotopic (exact) mass is 408 g/mol. The second-order valence-electron chi connectivity index (χ2n) is 6.39. The van der Waals surface area contributed by atoms with Gasteiger partial charge in [-0.15, -0.1) is 0 Å². The highest BCUT2D eigenvalue weighted by Crippen LogP contribution is 2.24. The molecular weight excluding hydrogens is 388 g/mol. The first-order valence-corrected chi connectivity index (χ1v) is 10.3. The van der Waals surface area contributed by atoms with E-state index in [2.05, 4.69) is 10.6 Å². The highest BCUT2D eigenvalue weighted by molar-refractivity contribution is 7.91. The molecule has 0 aliphatic heterocycles. The third-order valence-corrected chi connectivity index (χ3v) is 6.19. The van der Waals surface area contributed by atoms with Gasteiger partial charge in [-0.3, -0.25) is 9.59 Å². The molecule has 3 aromatic carbocycles.